The second-order valence-corrected chi connectivity index (χ2v) is 4.86. The molecule has 0 aliphatic rings. The number of aromatic nitrogens is 1. The standard InChI is InChI=1S/C17H15N3O2/c1-12-6-3-4-7-13(12)16(21)15-14(8-5-10-19-15)17(22)20(2)11-9-18/h3-8,10H,11H2,1-2H3. The van der Waals surface area contributed by atoms with Gasteiger partial charge in [0, 0.05) is 18.8 Å². The van der Waals surface area contributed by atoms with Gasteiger partial charge >= 0.3 is 0 Å². The highest BCUT2D eigenvalue weighted by Crippen LogP contribution is 2.16. The first kappa shape index (κ1) is 15.4. The summed E-state index contributed by atoms with van der Waals surface area (Å²) in [6.07, 6.45) is 1.48. The topological polar surface area (TPSA) is 74.1 Å². The number of hydrogen-bond acceptors (Lipinski definition) is 4. The highest BCUT2D eigenvalue weighted by atomic mass is 16.2. The van der Waals surface area contributed by atoms with Crippen LogP contribution in [0.1, 0.15) is 32.0 Å². The Hall–Kier alpha value is -3.00. The summed E-state index contributed by atoms with van der Waals surface area (Å²) in [4.78, 5) is 30.4. The molecule has 5 nitrogen and oxygen atoms in total. The maximum Gasteiger partial charge on any atom is 0.256 e. The zero-order chi connectivity index (χ0) is 16.1. The number of rotatable bonds is 4. The van der Waals surface area contributed by atoms with Crippen molar-refractivity contribution in [3.8, 4) is 6.07 Å². The van der Waals surface area contributed by atoms with Gasteiger partial charge in [-0.1, -0.05) is 24.3 Å². The predicted octanol–water partition coefficient (Wildman–Crippen LogP) is 2.22. The van der Waals surface area contributed by atoms with Gasteiger partial charge in [0.1, 0.15) is 12.2 Å². The van der Waals surface area contributed by atoms with Gasteiger partial charge in [-0.3, -0.25) is 14.6 Å². The molecule has 1 heterocycles. The number of carbonyl (C=O) groups is 2. The highest BCUT2D eigenvalue weighted by Gasteiger charge is 2.22. The quantitative estimate of drug-likeness (QED) is 0.640. The molecule has 110 valence electrons. The minimum absolute atomic E-state index is 0.0499. The van der Waals surface area contributed by atoms with Gasteiger partial charge in [-0.05, 0) is 24.6 Å². The Labute approximate surface area is 128 Å². The van der Waals surface area contributed by atoms with E-state index in [9.17, 15) is 9.59 Å². The van der Waals surface area contributed by atoms with E-state index < -0.39 is 5.91 Å². The Morgan fingerprint density at radius 1 is 1.18 bits per heavy atom. The van der Waals surface area contributed by atoms with E-state index in [-0.39, 0.29) is 23.6 Å². The molecule has 5 heteroatoms. The zero-order valence-electron chi connectivity index (χ0n) is 12.4. The fourth-order valence-corrected chi connectivity index (χ4v) is 2.10. The fraction of sp³-hybridized carbons (Fsp3) is 0.176. The SMILES string of the molecule is Cc1ccccc1C(=O)c1ncccc1C(=O)N(C)CC#N. The first-order valence-corrected chi connectivity index (χ1v) is 6.74. The van der Waals surface area contributed by atoms with Crippen molar-refractivity contribution >= 4 is 11.7 Å². The van der Waals surface area contributed by atoms with E-state index in [1.165, 1.54) is 18.1 Å². The van der Waals surface area contributed by atoms with Crippen molar-refractivity contribution in [3.05, 3.63) is 65.0 Å². The van der Waals surface area contributed by atoms with Gasteiger partial charge in [0.2, 0.25) is 5.78 Å². The van der Waals surface area contributed by atoms with Crippen LogP contribution < -0.4 is 0 Å². The van der Waals surface area contributed by atoms with Crippen LogP contribution in [0, 0.1) is 18.3 Å². The largest absolute Gasteiger partial charge is 0.328 e. The molecule has 0 radical (unpaired) electrons. The molecule has 0 saturated heterocycles. The Morgan fingerprint density at radius 2 is 1.86 bits per heavy atom. The molecule has 2 aromatic rings. The van der Waals surface area contributed by atoms with Crippen molar-refractivity contribution in [3.63, 3.8) is 0 Å². The van der Waals surface area contributed by atoms with E-state index in [0.29, 0.717) is 5.56 Å². The number of ketones is 1. The summed E-state index contributed by atoms with van der Waals surface area (Å²) in [5, 5.41) is 8.70. The van der Waals surface area contributed by atoms with Crippen molar-refractivity contribution in [1.82, 2.24) is 9.88 Å². The maximum atomic E-state index is 12.7. The molecule has 1 aromatic carbocycles. The molecule has 0 N–H and O–H groups in total. The van der Waals surface area contributed by atoms with Gasteiger partial charge < -0.3 is 4.90 Å². The molecule has 1 amide bonds. The average molecular weight is 293 g/mol. The van der Waals surface area contributed by atoms with E-state index in [0.717, 1.165) is 5.56 Å². The molecule has 0 spiro atoms. The smallest absolute Gasteiger partial charge is 0.256 e. The van der Waals surface area contributed by atoms with Gasteiger partial charge in [-0.2, -0.15) is 5.26 Å². The minimum atomic E-state index is -0.397. The first-order valence-electron chi connectivity index (χ1n) is 6.74. The number of benzene rings is 1. The first-order chi connectivity index (χ1) is 10.6. The van der Waals surface area contributed by atoms with E-state index in [4.69, 9.17) is 5.26 Å². The van der Waals surface area contributed by atoms with Crippen LogP contribution in [0.3, 0.4) is 0 Å². The monoisotopic (exact) mass is 293 g/mol. The zero-order valence-corrected chi connectivity index (χ0v) is 12.4. The van der Waals surface area contributed by atoms with E-state index >= 15 is 0 Å². The van der Waals surface area contributed by atoms with Crippen molar-refractivity contribution < 1.29 is 9.59 Å². The van der Waals surface area contributed by atoms with Crippen molar-refractivity contribution in [2.24, 2.45) is 0 Å². The number of nitriles is 1. The van der Waals surface area contributed by atoms with E-state index in [2.05, 4.69) is 4.98 Å². The molecular weight excluding hydrogens is 278 g/mol. The van der Waals surface area contributed by atoms with Gasteiger partial charge in [0.05, 0.1) is 11.6 Å². The number of hydrogen-bond donors (Lipinski definition) is 0. The lowest BCUT2D eigenvalue weighted by Crippen LogP contribution is -2.29. The van der Waals surface area contributed by atoms with Crippen LogP contribution in [0.4, 0.5) is 0 Å². The number of pyridine rings is 1. The number of amides is 1. The molecule has 0 atom stereocenters. The number of carbonyl (C=O) groups excluding carboxylic acids is 2. The molecule has 0 aliphatic heterocycles. The van der Waals surface area contributed by atoms with Gasteiger partial charge in [-0.15, -0.1) is 0 Å². The summed E-state index contributed by atoms with van der Waals surface area (Å²) in [5.41, 5.74) is 1.64. The summed E-state index contributed by atoms with van der Waals surface area (Å²) in [7, 11) is 1.51. The second-order valence-electron chi connectivity index (χ2n) is 4.86. The Kier molecular flexibility index (Phi) is 4.64. The van der Waals surface area contributed by atoms with Crippen LogP contribution in [-0.2, 0) is 0 Å². The Bertz CT molecular complexity index is 762. The van der Waals surface area contributed by atoms with Gasteiger partial charge in [-0.25, -0.2) is 0 Å². The van der Waals surface area contributed by atoms with Crippen LogP contribution in [0.25, 0.3) is 0 Å². The van der Waals surface area contributed by atoms with E-state index in [1.807, 2.05) is 25.1 Å². The highest BCUT2D eigenvalue weighted by molar-refractivity contribution is 6.14. The van der Waals surface area contributed by atoms with Gasteiger partial charge in [0.15, 0.2) is 0 Å². The molecule has 2 rings (SSSR count). The lowest BCUT2D eigenvalue weighted by molar-refractivity contribution is 0.0806. The molecule has 0 aliphatic carbocycles. The second kappa shape index (κ2) is 6.64. The molecule has 0 saturated carbocycles. The summed E-state index contributed by atoms with van der Waals surface area (Å²) < 4.78 is 0. The molecule has 22 heavy (non-hydrogen) atoms. The molecular formula is C17H15N3O2. The average Bonchev–Trinajstić information content (AvgIpc) is 2.54. The summed E-state index contributed by atoms with van der Waals surface area (Å²) in [6.45, 7) is 1.78. The van der Waals surface area contributed by atoms with Crippen molar-refractivity contribution in [2.45, 2.75) is 6.92 Å². The third kappa shape index (κ3) is 3.01. The lowest BCUT2D eigenvalue weighted by atomic mass is 9.99. The van der Waals surface area contributed by atoms with Gasteiger partial charge in [0.25, 0.3) is 5.91 Å². The summed E-state index contributed by atoms with van der Waals surface area (Å²) >= 11 is 0. The van der Waals surface area contributed by atoms with Crippen LogP contribution in [0.15, 0.2) is 42.6 Å². The van der Waals surface area contributed by atoms with Crippen LogP contribution in [0.2, 0.25) is 0 Å². The summed E-state index contributed by atoms with van der Waals surface area (Å²) in [6, 6.07) is 12.2. The molecule has 0 bridgehead atoms. The molecule has 0 unspecified atom stereocenters. The minimum Gasteiger partial charge on any atom is -0.328 e. The third-order valence-electron chi connectivity index (χ3n) is 3.30. The predicted molar refractivity (Wildman–Crippen MR) is 81.4 cm³/mol. The number of aryl methyl sites for hydroxylation is 1. The van der Waals surface area contributed by atoms with Crippen molar-refractivity contribution in [2.75, 3.05) is 13.6 Å². The summed E-state index contributed by atoms with van der Waals surface area (Å²) in [5.74, 6) is -0.695. The number of nitrogens with zero attached hydrogens (tertiary/aromatic N) is 3. The lowest BCUT2D eigenvalue weighted by Gasteiger charge is -2.15. The molecule has 1 aromatic heterocycles. The van der Waals surface area contributed by atoms with Crippen LogP contribution in [0.5, 0.6) is 0 Å². The third-order valence-corrected chi connectivity index (χ3v) is 3.30. The van der Waals surface area contributed by atoms with Crippen LogP contribution >= 0.6 is 0 Å². The molecule has 0 fully saturated rings. The van der Waals surface area contributed by atoms with Crippen molar-refractivity contribution in [1.29, 1.82) is 5.26 Å². The van der Waals surface area contributed by atoms with Crippen LogP contribution in [-0.4, -0.2) is 35.2 Å². The Balaban J connectivity index is 2.45. The Morgan fingerprint density at radius 3 is 2.55 bits per heavy atom. The maximum absolute atomic E-state index is 12.7. The normalized spacial score (nSPS) is 9.86. The fourth-order valence-electron chi connectivity index (χ4n) is 2.10. The van der Waals surface area contributed by atoms with E-state index in [1.54, 1.807) is 24.3 Å².